The van der Waals surface area contributed by atoms with E-state index in [0.717, 1.165) is 5.92 Å². The molecule has 2 N–H and O–H groups in total. The third-order valence-corrected chi connectivity index (χ3v) is 5.17. The molecule has 98 valence electrons. The molecular weight excluding hydrogens is 242 g/mol. The van der Waals surface area contributed by atoms with Crippen LogP contribution >= 0.6 is 11.8 Å². The molecular formula is C14H21N3S. The number of thioether (sulfide) groups is 1. The van der Waals surface area contributed by atoms with E-state index in [2.05, 4.69) is 46.8 Å². The van der Waals surface area contributed by atoms with E-state index >= 15 is 0 Å². The van der Waals surface area contributed by atoms with E-state index in [9.17, 15) is 0 Å². The number of fused-ring (bicyclic) bond motifs is 1. The summed E-state index contributed by atoms with van der Waals surface area (Å²) in [6, 6.07) is 8.76. The molecule has 1 aromatic carbocycles. The van der Waals surface area contributed by atoms with Crippen molar-refractivity contribution >= 4 is 17.4 Å². The highest BCUT2D eigenvalue weighted by Gasteiger charge is 2.30. The van der Waals surface area contributed by atoms with Crippen LogP contribution in [0.1, 0.15) is 12.8 Å². The predicted molar refractivity (Wildman–Crippen MR) is 78.1 cm³/mol. The first kappa shape index (κ1) is 12.3. The summed E-state index contributed by atoms with van der Waals surface area (Å²) in [6.45, 7) is 3.53. The first-order valence-corrected chi connectivity index (χ1v) is 7.67. The molecule has 3 nitrogen and oxygen atoms in total. The monoisotopic (exact) mass is 263 g/mol. The SMILES string of the molecule is CNC1Sc2ccccc2N1CC1CCNCC1. The van der Waals surface area contributed by atoms with E-state index < -0.39 is 0 Å². The van der Waals surface area contributed by atoms with Gasteiger partial charge in [0.15, 0.2) is 0 Å². The van der Waals surface area contributed by atoms with E-state index in [0.29, 0.717) is 5.50 Å². The summed E-state index contributed by atoms with van der Waals surface area (Å²) >= 11 is 1.93. The molecule has 1 unspecified atom stereocenters. The average molecular weight is 263 g/mol. The molecule has 0 aromatic heterocycles. The van der Waals surface area contributed by atoms with E-state index in [1.165, 1.54) is 43.1 Å². The van der Waals surface area contributed by atoms with E-state index in [1.807, 2.05) is 11.8 Å². The van der Waals surface area contributed by atoms with Gasteiger partial charge in [-0.15, -0.1) is 0 Å². The van der Waals surface area contributed by atoms with Crippen molar-refractivity contribution in [2.45, 2.75) is 23.2 Å². The smallest absolute Gasteiger partial charge is 0.132 e. The second-order valence-electron chi connectivity index (χ2n) is 5.07. The van der Waals surface area contributed by atoms with Gasteiger partial charge in [-0.1, -0.05) is 23.9 Å². The molecule has 0 amide bonds. The first-order chi connectivity index (χ1) is 8.88. The second kappa shape index (κ2) is 5.51. The van der Waals surface area contributed by atoms with Gasteiger partial charge in [0.25, 0.3) is 0 Å². The minimum absolute atomic E-state index is 0.400. The number of benzene rings is 1. The zero-order chi connectivity index (χ0) is 12.4. The van der Waals surface area contributed by atoms with Crippen LogP contribution in [0.15, 0.2) is 29.2 Å². The zero-order valence-electron chi connectivity index (χ0n) is 10.9. The molecule has 3 rings (SSSR count). The van der Waals surface area contributed by atoms with Crippen molar-refractivity contribution in [1.82, 2.24) is 10.6 Å². The van der Waals surface area contributed by atoms with Gasteiger partial charge in [-0.05, 0) is 51.0 Å². The molecule has 2 aliphatic heterocycles. The molecule has 0 radical (unpaired) electrons. The normalized spacial score (nSPS) is 24.3. The highest BCUT2D eigenvalue weighted by Crippen LogP contribution is 2.42. The van der Waals surface area contributed by atoms with Crippen molar-refractivity contribution < 1.29 is 0 Å². The zero-order valence-corrected chi connectivity index (χ0v) is 11.7. The van der Waals surface area contributed by atoms with Gasteiger partial charge >= 0.3 is 0 Å². The maximum absolute atomic E-state index is 3.44. The van der Waals surface area contributed by atoms with Crippen molar-refractivity contribution in [1.29, 1.82) is 0 Å². The maximum Gasteiger partial charge on any atom is 0.132 e. The van der Waals surface area contributed by atoms with Crippen LogP contribution in [-0.2, 0) is 0 Å². The molecule has 0 spiro atoms. The lowest BCUT2D eigenvalue weighted by atomic mass is 9.97. The van der Waals surface area contributed by atoms with Crippen molar-refractivity contribution in [3.63, 3.8) is 0 Å². The fraction of sp³-hybridized carbons (Fsp3) is 0.571. The second-order valence-corrected chi connectivity index (χ2v) is 6.19. The lowest BCUT2D eigenvalue weighted by Crippen LogP contribution is -2.43. The molecule has 0 saturated carbocycles. The Labute approximate surface area is 113 Å². The van der Waals surface area contributed by atoms with Crippen LogP contribution in [0.4, 0.5) is 5.69 Å². The van der Waals surface area contributed by atoms with E-state index in [1.54, 1.807) is 0 Å². The number of piperidine rings is 1. The Morgan fingerprint density at radius 2 is 2.11 bits per heavy atom. The van der Waals surface area contributed by atoms with Gasteiger partial charge < -0.3 is 10.2 Å². The number of nitrogens with one attached hydrogen (secondary N) is 2. The molecule has 18 heavy (non-hydrogen) atoms. The number of rotatable bonds is 3. The van der Waals surface area contributed by atoms with Gasteiger partial charge in [0.2, 0.25) is 0 Å². The molecule has 2 aliphatic rings. The fourth-order valence-electron chi connectivity index (χ4n) is 2.86. The molecule has 0 aliphatic carbocycles. The van der Waals surface area contributed by atoms with Crippen LogP contribution in [0.3, 0.4) is 0 Å². The van der Waals surface area contributed by atoms with Gasteiger partial charge in [0, 0.05) is 11.4 Å². The molecule has 1 atom stereocenters. The Balaban J connectivity index is 1.76. The Kier molecular flexibility index (Phi) is 3.77. The maximum atomic E-state index is 3.44. The van der Waals surface area contributed by atoms with Gasteiger partial charge in [0.1, 0.15) is 5.50 Å². The van der Waals surface area contributed by atoms with Gasteiger partial charge in [-0.2, -0.15) is 0 Å². The lowest BCUT2D eigenvalue weighted by Gasteiger charge is -2.32. The van der Waals surface area contributed by atoms with Gasteiger partial charge in [0.05, 0.1) is 5.69 Å². The van der Waals surface area contributed by atoms with Crippen LogP contribution in [0.5, 0.6) is 0 Å². The summed E-state index contributed by atoms with van der Waals surface area (Å²) < 4.78 is 0. The summed E-state index contributed by atoms with van der Waals surface area (Å²) in [5.41, 5.74) is 1.80. The topological polar surface area (TPSA) is 27.3 Å². The van der Waals surface area contributed by atoms with Gasteiger partial charge in [-0.25, -0.2) is 0 Å². The van der Waals surface area contributed by atoms with Crippen molar-refractivity contribution in [2.75, 3.05) is 31.6 Å². The fourth-order valence-corrected chi connectivity index (χ4v) is 4.00. The van der Waals surface area contributed by atoms with Crippen molar-refractivity contribution in [2.24, 2.45) is 5.92 Å². The average Bonchev–Trinajstić information content (AvgIpc) is 2.78. The van der Waals surface area contributed by atoms with Crippen LogP contribution in [-0.4, -0.2) is 32.2 Å². The molecule has 1 saturated heterocycles. The van der Waals surface area contributed by atoms with Gasteiger partial charge in [-0.3, -0.25) is 5.32 Å². The Hall–Kier alpha value is -0.710. The summed E-state index contributed by atoms with van der Waals surface area (Å²) in [5, 5.41) is 6.87. The molecule has 1 fully saturated rings. The lowest BCUT2D eigenvalue weighted by molar-refractivity contribution is 0.370. The van der Waals surface area contributed by atoms with E-state index in [-0.39, 0.29) is 0 Å². The molecule has 2 heterocycles. The molecule has 1 aromatic rings. The summed E-state index contributed by atoms with van der Waals surface area (Å²) in [5.74, 6) is 0.828. The van der Waals surface area contributed by atoms with Crippen LogP contribution in [0, 0.1) is 5.92 Å². The Morgan fingerprint density at radius 3 is 2.89 bits per heavy atom. The molecule has 0 bridgehead atoms. The number of hydrogen-bond acceptors (Lipinski definition) is 4. The number of hydrogen-bond donors (Lipinski definition) is 2. The Bertz CT molecular complexity index is 404. The van der Waals surface area contributed by atoms with Crippen LogP contribution in [0.25, 0.3) is 0 Å². The summed E-state index contributed by atoms with van der Waals surface area (Å²) in [6.07, 6.45) is 2.61. The van der Waals surface area contributed by atoms with Crippen molar-refractivity contribution in [3.8, 4) is 0 Å². The summed E-state index contributed by atoms with van der Waals surface area (Å²) in [4.78, 5) is 3.95. The third-order valence-electron chi connectivity index (χ3n) is 3.86. The number of anilines is 1. The highest BCUT2D eigenvalue weighted by atomic mass is 32.2. The van der Waals surface area contributed by atoms with E-state index in [4.69, 9.17) is 0 Å². The minimum atomic E-state index is 0.400. The highest BCUT2D eigenvalue weighted by molar-refractivity contribution is 8.00. The predicted octanol–water partition coefficient (Wildman–Crippen LogP) is 2.10. The van der Waals surface area contributed by atoms with Crippen LogP contribution in [0.2, 0.25) is 0 Å². The largest absolute Gasteiger partial charge is 0.346 e. The first-order valence-electron chi connectivity index (χ1n) is 6.79. The quantitative estimate of drug-likeness (QED) is 0.873. The van der Waals surface area contributed by atoms with Crippen molar-refractivity contribution in [3.05, 3.63) is 24.3 Å². The van der Waals surface area contributed by atoms with Crippen LogP contribution < -0.4 is 15.5 Å². The molecule has 4 heteroatoms. The number of para-hydroxylation sites is 1. The third kappa shape index (κ3) is 2.37. The Morgan fingerprint density at radius 1 is 1.33 bits per heavy atom. The minimum Gasteiger partial charge on any atom is -0.346 e. The summed E-state index contributed by atoms with van der Waals surface area (Å²) in [7, 11) is 2.05. The standard InChI is InChI=1S/C14H21N3S/c1-15-14-17(10-11-6-8-16-9-7-11)12-4-2-3-5-13(12)18-14/h2-5,11,14-16H,6-10H2,1H3. The number of nitrogens with zero attached hydrogens (tertiary/aromatic N) is 1.